The second-order valence-corrected chi connectivity index (χ2v) is 8.59. The molecule has 0 N–H and O–H groups in total. The maximum absolute atomic E-state index is 13.0. The number of amides is 1. The monoisotopic (exact) mass is 416 g/mol. The fourth-order valence-electron chi connectivity index (χ4n) is 3.14. The molecule has 29 heavy (non-hydrogen) atoms. The first-order chi connectivity index (χ1) is 14.0. The lowest BCUT2D eigenvalue weighted by molar-refractivity contribution is -0.113. The molecule has 1 amide bonds. The van der Waals surface area contributed by atoms with Crippen LogP contribution < -0.4 is 9.80 Å². The first-order valence-electron chi connectivity index (χ1n) is 9.24. The molecule has 3 aromatic carbocycles. The van der Waals surface area contributed by atoms with Crippen molar-refractivity contribution < 1.29 is 4.79 Å². The molecule has 144 valence electrons. The zero-order valence-corrected chi connectivity index (χ0v) is 17.8. The molecule has 0 atom stereocenters. The van der Waals surface area contributed by atoms with Crippen molar-refractivity contribution in [3.63, 3.8) is 0 Å². The number of thiocarbonyl (C=S) groups is 1. The number of carbonyl (C=O) groups is 1. The Morgan fingerprint density at radius 1 is 0.862 bits per heavy atom. The Kier molecular flexibility index (Phi) is 5.51. The molecule has 0 unspecified atom stereocenters. The summed E-state index contributed by atoms with van der Waals surface area (Å²) in [5, 5.41) is 0. The van der Waals surface area contributed by atoms with Crippen molar-refractivity contribution >= 4 is 51.7 Å². The highest BCUT2D eigenvalue weighted by molar-refractivity contribution is 8.27. The smallest absolute Gasteiger partial charge is 0.270 e. The normalized spacial score (nSPS) is 15.2. The lowest BCUT2D eigenvalue weighted by Gasteiger charge is -2.17. The van der Waals surface area contributed by atoms with E-state index >= 15 is 0 Å². The Bertz CT molecular complexity index is 1070. The van der Waals surface area contributed by atoms with Gasteiger partial charge in [0.2, 0.25) is 0 Å². The van der Waals surface area contributed by atoms with E-state index < -0.39 is 0 Å². The van der Waals surface area contributed by atoms with Gasteiger partial charge in [-0.2, -0.15) is 0 Å². The first kappa shape index (κ1) is 19.4. The van der Waals surface area contributed by atoms with E-state index in [1.54, 1.807) is 4.90 Å². The van der Waals surface area contributed by atoms with Crippen LogP contribution in [-0.4, -0.2) is 24.3 Å². The van der Waals surface area contributed by atoms with Crippen LogP contribution in [0.15, 0.2) is 83.8 Å². The molecule has 4 rings (SSSR count). The largest absolute Gasteiger partial charge is 0.378 e. The van der Waals surface area contributed by atoms with E-state index in [0.29, 0.717) is 9.23 Å². The maximum Gasteiger partial charge on any atom is 0.270 e. The average molecular weight is 417 g/mol. The lowest BCUT2D eigenvalue weighted by Crippen LogP contribution is -2.27. The van der Waals surface area contributed by atoms with Crippen molar-refractivity contribution in [3.05, 3.63) is 89.3 Å². The number of hydrogen-bond donors (Lipinski definition) is 0. The Balaban J connectivity index is 1.56. The minimum Gasteiger partial charge on any atom is -0.378 e. The molecule has 0 bridgehead atoms. The third-order valence-electron chi connectivity index (χ3n) is 4.73. The highest BCUT2D eigenvalue weighted by atomic mass is 32.2. The Labute approximate surface area is 180 Å². The molecule has 0 aliphatic carbocycles. The van der Waals surface area contributed by atoms with Crippen LogP contribution >= 0.6 is 24.0 Å². The van der Waals surface area contributed by atoms with E-state index in [4.69, 9.17) is 12.2 Å². The number of carbonyl (C=O) groups excluding carboxylic acids is 1. The summed E-state index contributed by atoms with van der Waals surface area (Å²) >= 11 is 6.82. The third-order valence-corrected chi connectivity index (χ3v) is 6.04. The zero-order valence-electron chi connectivity index (χ0n) is 16.2. The molecule has 0 aromatic heterocycles. The van der Waals surface area contributed by atoms with Crippen LogP contribution in [0.2, 0.25) is 0 Å². The predicted molar refractivity (Wildman–Crippen MR) is 128 cm³/mol. The predicted octanol–water partition coefficient (Wildman–Crippen LogP) is 5.83. The van der Waals surface area contributed by atoms with E-state index in [2.05, 4.69) is 24.3 Å². The van der Waals surface area contributed by atoms with Crippen molar-refractivity contribution in [1.29, 1.82) is 0 Å². The van der Waals surface area contributed by atoms with Crippen LogP contribution in [0.5, 0.6) is 0 Å². The first-order valence-corrected chi connectivity index (χ1v) is 10.5. The fourth-order valence-corrected chi connectivity index (χ4v) is 4.44. The van der Waals surface area contributed by atoms with Gasteiger partial charge in [0.25, 0.3) is 5.91 Å². The summed E-state index contributed by atoms with van der Waals surface area (Å²) in [5.41, 5.74) is 5.17. The molecule has 3 nitrogen and oxygen atoms in total. The molecule has 1 heterocycles. The van der Waals surface area contributed by atoms with E-state index in [9.17, 15) is 4.79 Å². The summed E-state index contributed by atoms with van der Waals surface area (Å²) in [5.74, 6) is -0.0789. The van der Waals surface area contributed by atoms with Gasteiger partial charge in [-0.15, -0.1) is 0 Å². The molecule has 1 aliphatic rings. The van der Waals surface area contributed by atoms with E-state index in [-0.39, 0.29) is 5.91 Å². The third kappa shape index (κ3) is 4.11. The van der Waals surface area contributed by atoms with Gasteiger partial charge in [0.05, 0.1) is 10.6 Å². The van der Waals surface area contributed by atoms with E-state index in [0.717, 1.165) is 22.5 Å². The van der Waals surface area contributed by atoms with E-state index in [1.165, 1.54) is 17.3 Å². The quantitative estimate of drug-likeness (QED) is 0.395. The second-order valence-electron chi connectivity index (χ2n) is 6.92. The van der Waals surface area contributed by atoms with Crippen molar-refractivity contribution in [2.75, 3.05) is 23.9 Å². The van der Waals surface area contributed by atoms with Gasteiger partial charge < -0.3 is 4.90 Å². The number of anilines is 2. The molecular weight excluding hydrogens is 396 g/mol. The molecule has 0 saturated carbocycles. The van der Waals surface area contributed by atoms with Gasteiger partial charge in [-0.05, 0) is 47.0 Å². The van der Waals surface area contributed by atoms with Crippen LogP contribution in [0.4, 0.5) is 11.4 Å². The highest BCUT2D eigenvalue weighted by Gasteiger charge is 2.33. The zero-order chi connectivity index (χ0) is 20.4. The SMILES string of the molecule is CN(C)c1ccc(N2C(=O)/C(=C/c3ccc(-c4ccccc4)cc3)SC2=S)cc1. The minimum absolute atomic E-state index is 0.0789. The molecule has 1 saturated heterocycles. The molecule has 1 aliphatic heterocycles. The number of benzene rings is 3. The van der Waals surface area contributed by atoms with Crippen LogP contribution in [-0.2, 0) is 4.79 Å². The van der Waals surface area contributed by atoms with Gasteiger partial charge in [-0.3, -0.25) is 9.69 Å². The van der Waals surface area contributed by atoms with Crippen molar-refractivity contribution in [3.8, 4) is 11.1 Å². The van der Waals surface area contributed by atoms with Crippen molar-refractivity contribution in [2.45, 2.75) is 0 Å². The molecule has 3 aromatic rings. The Morgan fingerprint density at radius 2 is 1.48 bits per heavy atom. The summed E-state index contributed by atoms with van der Waals surface area (Å²) in [7, 11) is 3.97. The highest BCUT2D eigenvalue weighted by Crippen LogP contribution is 2.36. The van der Waals surface area contributed by atoms with Gasteiger partial charge in [-0.25, -0.2) is 0 Å². The van der Waals surface area contributed by atoms with Gasteiger partial charge in [0.1, 0.15) is 0 Å². The van der Waals surface area contributed by atoms with Crippen molar-refractivity contribution in [1.82, 2.24) is 0 Å². The van der Waals surface area contributed by atoms with Crippen LogP contribution in [0.25, 0.3) is 17.2 Å². The minimum atomic E-state index is -0.0789. The summed E-state index contributed by atoms with van der Waals surface area (Å²) in [6, 6.07) is 26.3. The number of rotatable bonds is 4. The fraction of sp³-hybridized carbons (Fsp3) is 0.0833. The lowest BCUT2D eigenvalue weighted by atomic mass is 10.0. The molecule has 0 radical (unpaired) electrons. The van der Waals surface area contributed by atoms with Crippen LogP contribution in [0.1, 0.15) is 5.56 Å². The van der Waals surface area contributed by atoms with Gasteiger partial charge >= 0.3 is 0 Å². The summed E-state index contributed by atoms with van der Waals surface area (Å²) in [6.07, 6.45) is 1.91. The summed E-state index contributed by atoms with van der Waals surface area (Å²) < 4.78 is 0.555. The second kappa shape index (κ2) is 8.23. The summed E-state index contributed by atoms with van der Waals surface area (Å²) in [6.45, 7) is 0. The standard InChI is InChI=1S/C24H20N2OS2/c1-25(2)20-12-14-21(15-13-20)26-23(27)22(29-24(26)28)16-17-8-10-19(11-9-17)18-6-4-3-5-7-18/h3-16H,1-2H3/b22-16-. The van der Waals surface area contributed by atoms with Gasteiger partial charge in [0, 0.05) is 19.8 Å². The number of nitrogens with zero attached hydrogens (tertiary/aromatic N) is 2. The van der Waals surface area contributed by atoms with Crippen LogP contribution in [0, 0.1) is 0 Å². The number of thioether (sulfide) groups is 1. The van der Waals surface area contributed by atoms with Crippen molar-refractivity contribution in [2.24, 2.45) is 0 Å². The topological polar surface area (TPSA) is 23.6 Å². The Morgan fingerprint density at radius 3 is 2.10 bits per heavy atom. The van der Waals surface area contributed by atoms with E-state index in [1.807, 2.05) is 79.7 Å². The molecule has 5 heteroatoms. The van der Waals surface area contributed by atoms with Gasteiger partial charge in [-0.1, -0.05) is 78.6 Å². The van der Waals surface area contributed by atoms with Crippen LogP contribution in [0.3, 0.4) is 0 Å². The maximum atomic E-state index is 13.0. The molecule has 1 fully saturated rings. The average Bonchev–Trinajstić information content (AvgIpc) is 3.02. The summed E-state index contributed by atoms with van der Waals surface area (Å²) in [4.78, 5) is 17.2. The van der Waals surface area contributed by atoms with Gasteiger partial charge in [0.15, 0.2) is 4.32 Å². The Hall–Kier alpha value is -2.89. The molecular formula is C24H20N2OS2. The number of hydrogen-bond acceptors (Lipinski definition) is 4. The molecule has 0 spiro atoms.